The lowest BCUT2D eigenvalue weighted by Crippen LogP contribution is -2.16. The summed E-state index contributed by atoms with van der Waals surface area (Å²) in [5, 5.41) is 0. The first-order chi connectivity index (χ1) is 8.68. The molecular weight excluding hydrogens is 388 g/mol. The number of pyridine rings is 1. The molecule has 0 aliphatic rings. The molecule has 0 radical (unpaired) electrons. The number of carbonyl (C=O) groups excluding carboxylic acids is 1. The molecule has 0 saturated carbocycles. The SMILES string of the molecule is COC(=O)Cc1c(C(F)F)cnc(C(F)(F)F)c1I. The second kappa shape index (κ2) is 5.97. The van der Waals surface area contributed by atoms with Crippen LogP contribution in [0.5, 0.6) is 0 Å². The lowest BCUT2D eigenvalue weighted by Gasteiger charge is -2.15. The molecule has 0 unspecified atom stereocenters. The molecule has 106 valence electrons. The first-order valence-corrected chi connectivity index (χ1v) is 5.85. The Balaban J connectivity index is 3.40. The number of hydrogen-bond donors (Lipinski definition) is 0. The summed E-state index contributed by atoms with van der Waals surface area (Å²) in [5.41, 5.74) is -2.41. The van der Waals surface area contributed by atoms with E-state index in [2.05, 4.69) is 9.72 Å². The molecule has 9 heteroatoms. The fraction of sp³-hybridized carbons (Fsp3) is 0.400. The Labute approximate surface area is 118 Å². The van der Waals surface area contributed by atoms with Gasteiger partial charge in [0, 0.05) is 15.3 Å². The zero-order chi connectivity index (χ0) is 14.8. The van der Waals surface area contributed by atoms with Crippen LogP contribution in [0, 0.1) is 3.57 Å². The van der Waals surface area contributed by atoms with Crippen molar-refractivity contribution >= 4 is 28.6 Å². The molecule has 0 fully saturated rings. The lowest BCUT2D eigenvalue weighted by atomic mass is 10.1. The standard InChI is InChI=1S/C10H7F5INO2/c1-19-6(18)2-4-5(9(11)12)3-17-8(7(4)16)10(13,14)15/h3,9H,2H2,1H3. The molecule has 1 heterocycles. The average Bonchev–Trinajstić information content (AvgIpc) is 2.29. The van der Waals surface area contributed by atoms with Gasteiger partial charge in [-0.25, -0.2) is 8.78 Å². The van der Waals surface area contributed by atoms with E-state index in [0.717, 1.165) is 7.11 Å². The first kappa shape index (κ1) is 16.1. The van der Waals surface area contributed by atoms with E-state index in [-0.39, 0.29) is 0 Å². The van der Waals surface area contributed by atoms with Crippen LogP contribution in [0.25, 0.3) is 0 Å². The third kappa shape index (κ3) is 3.74. The lowest BCUT2D eigenvalue weighted by molar-refractivity contribution is -0.143. The van der Waals surface area contributed by atoms with Gasteiger partial charge >= 0.3 is 12.1 Å². The fourth-order valence-electron chi connectivity index (χ4n) is 1.32. The topological polar surface area (TPSA) is 39.2 Å². The Morgan fingerprint density at radius 2 is 2.05 bits per heavy atom. The van der Waals surface area contributed by atoms with Gasteiger partial charge in [-0.05, 0) is 28.2 Å². The number of alkyl halides is 5. The minimum atomic E-state index is -4.78. The highest BCUT2D eigenvalue weighted by molar-refractivity contribution is 14.1. The van der Waals surface area contributed by atoms with Crippen molar-refractivity contribution in [2.75, 3.05) is 7.11 Å². The van der Waals surface area contributed by atoms with Crippen molar-refractivity contribution in [2.45, 2.75) is 19.0 Å². The van der Waals surface area contributed by atoms with Crippen LogP contribution in [0.3, 0.4) is 0 Å². The van der Waals surface area contributed by atoms with Gasteiger partial charge < -0.3 is 4.74 Å². The minimum absolute atomic E-state index is 0.412. The van der Waals surface area contributed by atoms with E-state index in [1.54, 1.807) is 0 Å². The highest BCUT2D eigenvalue weighted by Crippen LogP contribution is 2.36. The van der Waals surface area contributed by atoms with Crippen LogP contribution < -0.4 is 0 Å². The molecule has 0 N–H and O–H groups in total. The highest BCUT2D eigenvalue weighted by atomic mass is 127. The van der Waals surface area contributed by atoms with E-state index in [1.807, 2.05) is 0 Å². The second-order valence-corrected chi connectivity index (χ2v) is 4.48. The molecule has 0 aromatic carbocycles. The summed E-state index contributed by atoms with van der Waals surface area (Å²) in [6.45, 7) is 0. The fourth-order valence-corrected chi connectivity index (χ4v) is 2.27. The third-order valence-electron chi connectivity index (χ3n) is 2.21. The molecule has 19 heavy (non-hydrogen) atoms. The van der Waals surface area contributed by atoms with Crippen LogP contribution in [-0.2, 0) is 22.1 Å². The van der Waals surface area contributed by atoms with Gasteiger partial charge in [-0.3, -0.25) is 9.78 Å². The maximum atomic E-state index is 12.7. The molecule has 1 aromatic rings. The van der Waals surface area contributed by atoms with Crippen molar-refractivity contribution in [3.63, 3.8) is 0 Å². The maximum Gasteiger partial charge on any atom is 0.434 e. The molecule has 0 saturated heterocycles. The zero-order valence-electron chi connectivity index (χ0n) is 9.39. The van der Waals surface area contributed by atoms with Crippen molar-refractivity contribution in [1.82, 2.24) is 4.98 Å². The monoisotopic (exact) mass is 395 g/mol. The number of nitrogens with zero attached hydrogens (tertiary/aromatic N) is 1. The zero-order valence-corrected chi connectivity index (χ0v) is 11.6. The largest absolute Gasteiger partial charge is 0.469 e. The number of halogens is 6. The predicted molar refractivity (Wildman–Crippen MR) is 62.6 cm³/mol. The van der Waals surface area contributed by atoms with Gasteiger partial charge in [0.2, 0.25) is 0 Å². The van der Waals surface area contributed by atoms with E-state index in [9.17, 15) is 26.7 Å². The van der Waals surface area contributed by atoms with Gasteiger partial charge in [0.15, 0.2) is 5.69 Å². The molecule has 0 aliphatic heterocycles. The van der Waals surface area contributed by atoms with Crippen LogP contribution in [0.1, 0.15) is 23.2 Å². The van der Waals surface area contributed by atoms with E-state index < -0.39 is 45.4 Å². The van der Waals surface area contributed by atoms with E-state index in [1.165, 1.54) is 22.6 Å². The van der Waals surface area contributed by atoms with Gasteiger partial charge in [0.25, 0.3) is 6.43 Å². The second-order valence-electron chi connectivity index (χ2n) is 3.41. The van der Waals surface area contributed by atoms with Crippen molar-refractivity contribution < 1.29 is 31.5 Å². The molecule has 0 aliphatic carbocycles. The van der Waals surface area contributed by atoms with E-state index in [4.69, 9.17) is 0 Å². The third-order valence-corrected chi connectivity index (χ3v) is 3.37. The number of aromatic nitrogens is 1. The Kier molecular flexibility index (Phi) is 5.04. The molecule has 0 bridgehead atoms. The van der Waals surface area contributed by atoms with Crippen molar-refractivity contribution in [1.29, 1.82) is 0 Å². The Morgan fingerprint density at radius 1 is 1.47 bits per heavy atom. The first-order valence-electron chi connectivity index (χ1n) is 4.78. The van der Waals surface area contributed by atoms with Crippen molar-refractivity contribution in [3.8, 4) is 0 Å². The van der Waals surface area contributed by atoms with Gasteiger partial charge in [-0.15, -0.1) is 0 Å². The van der Waals surface area contributed by atoms with Crippen LogP contribution >= 0.6 is 22.6 Å². The van der Waals surface area contributed by atoms with Crippen LogP contribution in [0.15, 0.2) is 6.20 Å². The summed E-state index contributed by atoms with van der Waals surface area (Å²) in [7, 11) is 1.02. The van der Waals surface area contributed by atoms with Gasteiger partial charge in [0.05, 0.1) is 13.5 Å². The summed E-state index contributed by atoms with van der Waals surface area (Å²) in [6.07, 6.45) is -8.03. The van der Waals surface area contributed by atoms with E-state index >= 15 is 0 Å². The van der Waals surface area contributed by atoms with Gasteiger partial charge in [0.1, 0.15) is 0 Å². The van der Waals surface area contributed by atoms with Crippen LogP contribution in [-0.4, -0.2) is 18.1 Å². The molecule has 0 atom stereocenters. The Hall–Kier alpha value is -1.00. The maximum absolute atomic E-state index is 12.7. The van der Waals surface area contributed by atoms with Crippen molar-refractivity contribution in [2.24, 2.45) is 0 Å². The summed E-state index contributed by atoms with van der Waals surface area (Å²) in [6, 6.07) is 0. The number of esters is 1. The molecule has 0 amide bonds. The summed E-state index contributed by atoms with van der Waals surface area (Å²) in [5.74, 6) is -0.904. The molecular formula is C10H7F5INO2. The quantitative estimate of drug-likeness (QED) is 0.448. The average molecular weight is 395 g/mol. The summed E-state index contributed by atoms with van der Waals surface area (Å²) < 4.78 is 67.0. The number of ether oxygens (including phenoxy) is 1. The molecule has 1 rings (SSSR count). The van der Waals surface area contributed by atoms with Crippen molar-refractivity contribution in [3.05, 3.63) is 26.6 Å². The number of hydrogen-bond acceptors (Lipinski definition) is 3. The summed E-state index contributed by atoms with van der Waals surface area (Å²) >= 11 is 1.25. The van der Waals surface area contributed by atoms with Crippen LogP contribution in [0.4, 0.5) is 22.0 Å². The Bertz CT molecular complexity index is 490. The Morgan fingerprint density at radius 3 is 2.47 bits per heavy atom. The van der Waals surface area contributed by atoms with Gasteiger partial charge in [-0.1, -0.05) is 0 Å². The normalized spacial score (nSPS) is 11.8. The molecule has 1 aromatic heterocycles. The van der Waals surface area contributed by atoms with Gasteiger partial charge in [-0.2, -0.15) is 13.2 Å². The summed E-state index contributed by atoms with van der Waals surface area (Å²) in [4.78, 5) is 14.1. The highest BCUT2D eigenvalue weighted by Gasteiger charge is 2.37. The molecule has 3 nitrogen and oxygen atoms in total. The van der Waals surface area contributed by atoms with E-state index in [0.29, 0.717) is 6.20 Å². The number of methoxy groups -OCH3 is 1. The van der Waals surface area contributed by atoms with Crippen LogP contribution in [0.2, 0.25) is 0 Å². The number of carbonyl (C=O) groups is 1. The number of rotatable bonds is 3. The minimum Gasteiger partial charge on any atom is -0.469 e. The predicted octanol–water partition coefficient (Wildman–Crippen LogP) is 3.36. The molecule has 0 spiro atoms. The smallest absolute Gasteiger partial charge is 0.434 e.